The molecule has 2 aromatic carbocycles. The Labute approximate surface area is 202 Å². The maximum Gasteiger partial charge on any atom is 0.333 e. The predicted molar refractivity (Wildman–Crippen MR) is 130 cm³/mol. The van der Waals surface area contributed by atoms with E-state index in [4.69, 9.17) is 11.6 Å². The standard InChI is InChI=1S/C21H17ClFN5O4S2/c1-2-24-12-3-5-14-16(10-12)25-11-28(20(14)29)17-6-4-13(9-15(17)23)26-21(30)27-34(31,32)19-8-7-18(22)33-19/h3-11,24H,2H2,1H3,(H2,26,27,30). The van der Waals surface area contributed by atoms with E-state index in [1.165, 1.54) is 30.6 Å². The van der Waals surface area contributed by atoms with Crippen molar-refractivity contribution in [2.75, 3.05) is 17.2 Å². The van der Waals surface area contributed by atoms with E-state index >= 15 is 0 Å². The third-order valence-corrected chi connectivity index (χ3v) is 7.70. The highest BCUT2D eigenvalue weighted by atomic mass is 35.5. The number of aromatic nitrogens is 2. The molecule has 3 N–H and O–H groups in total. The normalized spacial score (nSPS) is 11.4. The number of urea groups is 1. The molecule has 0 fully saturated rings. The maximum atomic E-state index is 14.8. The summed E-state index contributed by atoms with van der Waals surface area (Å²) in [5, 5.41) is 5.69. The number of halogens is 2. The molecule has 176 valence electrons. The van der Waals surface area contributed by atoms with Crippen molar-refractivity contribution in [2.24, 2.45) is 0 Å². The quantitative estimate of drug-likeness (QED) is 0.350. The van der Waals surface area contributed by atoms with Crippen molar-refractivity contribution in [1.29, 1.82) is 0 Å². The van der Waals surface area contributed by atoms with Crippen molar-refractivity contribution in [2.45, 2.75) is 11.1 Å². The molecule has 0 aliphatic heterocycles. The summed E-state index contributed by atoms with van der Waals surface area (Å²) < 4.78 is 42.2. The molecule has 0 unspecified atom stereocenters. The summed E-state index contributed by atoms with van der Waals surface area (Å²) in [6, 6.07) is 10.2. The van der Waals surface area contributed by atoms with Gasteiger partial charge < -0.3 is 10.6 Å². The van der Waals surface area contributed by atoms with Gasteiger partial charge in [-0.2, -0.15) is 0 Å². The van der Waals surface area contributed by atoms with Crippen molar-refractivity contribution >= 4 is 61.3 Å². The first kappa shape index (κ1) is 23.7. The van der Waals surface area contributed by atoms with Crippen molar-refractivity contribution in [1.82, 2.24) is 14.3 Å². The highest BCUT2D eigenvalue weighted by molar-refractivity contribution is 7.92. The van der Waals surface area contributed by atoms with E-state index in [9.17, 15) is 22.4 Å². The molecule has 0 saturated heterocycles. The van der Waals surface area contributed by atoms with Crippen LogP contribution in [0.25, 0.3) is 16.6 Å². The van der Waals surface area contributed by atoms with E-state index in [0.717, 1.165) is 27.7 Å². The Bertz CT molecular complexity index is 1570. The Morgan fingerprint density at radius 3 is 2.59 bits per heavy atom. The Morgan fingerprint density at radius 2 is 1.91 bits per heavy atom. The summed E-state index contributed by atoms with van der Waals surface area (Å²) in [6.07, 6.45) is 1.22. The maximum absolute atomic E-state index is 14.8. The second-order valence-corrected chi connectivity index (χ2v) is 10.6. The molecule has 0 saturated carbocycles. The Hall–Kier alpha value is -3.48. The number of benzene rings is 2. The van der Waals surface area contributed by atoms with Crippen molar-refractivity contribution < 1.29 is 17.6 Å². The van der Waals surface area contributed by atoms with Crippen LogP contribution in [0.1, 0.15) is 6.92 Å². The van der Waals surface area contributed by atoms with E-state index in [-0.39, 0.29) is 19.9 Å². The minimum atomic E-state index is -4.13. The number of anilines is 2. The third kappa shape index (κ3) is 4.88. The second-order valence-electron chi connectivity index (χ2n) is 6.97. The van der Waals surface area contributed by atoms with Crippen LogP contribution in [0.3, 0.4) is 0 Å². The van der Waals surface area contributed by atoms with Crippen molar-refractivity contribution in [3.8, 4) is 5.69 Å². The van der Waals surface area contributed by atoms with Gasteiger partial charge in [0.2, 0.25) is 0 Å². The van der Waals surface area contributed by atoms with E-state index in [1.807, 2.05) is 11.6 Å². The number of nitrogens with one attached hydrogen (secondary N) is 3. The van der Waals surface area contributed by atoms with E-state index < -0.39 is 27.4 Å². The molecule has 13 heteroatoms. The number of rotatable bonds is 6. The van der Waals surface area contributed by atoms with Gasteiger partial charge in [0.15, 0.2) is 0 Å². The number of nitrogens with zero attached hydrogens (tertiary/aromatic N) is 2. The molecular formula is C21H17ClFN5O4S2. The van der Waals surface area contributed by atoms with Crippen molar-refractivity contribution in [3.63, 3.8) is 0 Å². The van der Waals surface area contributed by atoms with Crippen LogP contribution >= 0.6 is 22.9 Å². The molecule has 2 heterocycles. The number of thiophene rings is 1. The molecular weight excluding hydrogens is 505 g/mol. The molecule has 0 atom stereocenters. The number of sulfonamides is 1. The molecule has 0 aliphatic carbocycles. The number of amides is 2. The molecule has 2 aromatic heterocycles. The zero-order chi connectivity index (χ0) is 24.5. The zero-order valence-electron chi connectivity index (χ0n) is 17.5. The minimum Gasteiger partial charge on any atom is -0.385 e. The molecule has 4 aromatic rings. The molecule has 2 amide bonds. The van der Waals surface area contributed by atoms with Gasteiger partial charge in [-0.1, -0.05) is 11.6 Å². The lowest BCUT2D eigenvalue weighted by molar-refractivity contribution is 0.256. The van der Waals surface area contributed by atoms with Crippen LogP contribution in [0.2, 0.25) is 4.34 Å². The molecule has 0 aliphatic rings. The van der Waals surface area contributed by atoms with Crippen LogP contribution in [0.4, 0.5) is 20.6 Å². The van der Waals surface area contributed by atoms with Crippen molar-refractivity contribution in [3.05, 3.63) is 75.4 Å². The molecule has 34 heavy (non-hydrogen) atoms. The number of carbonyl (C=O) groups excluding carboxylic acids is 1. The van der Waals surface area contributed by atoms with Gasteiger partial charge in [-0.05, 0) is 55.5 Å². The zero-order valence-corrected chi connectivity index (χ0v) is 19.9. The van der Waals surface area contributed by atoms with Crippen LogP contribution in [0, 0.1) is 5.82 Å². The van der Waals surface area contributed by atoms with Crippen LogP contribution < -0.4 is 20.9 Å². The topological polar surface area (TPSA) is 122 Å². The monoisotopic (exact) mass is 521 g/mol. The van der Waals surface area contributed by atoms with E-state index in [0.29, 0.717) is 17.4 Å². The van der Waals surface area contributed by atoms with Gasteiger partial charge in [0.05, 0.1) is 20.9 Å². The lowest BCUT2D eigenvalue weighted by atomic mass is 10.2. The van der Waals surface area contributed by atoms with Crippen LogP contribution in [-0.2, 0) is 10.0 Å². The Morgan fingerprint density at radius 1 is 1.15 bits per heavy atom. The summed E-state index contributed by atoms with van der Waals surface area (Å²) in [6.45, 7) is 2.65. The number of hydrogen-bond donors (Lipinski definition) is 3. The van der Waals surface area contributed by atoms with E-state index in [2.05, 4.69) is 15.6 Å². The summed E-state index contributed by atoms with van der Waals surface area (Å²) in [7, 11) is -4.13. The van der Waals surface area contributed by atoms with Gasteiger partial charge in [-0.3, -0.25) is 9.36 Å². The van der Waals surface area contributed by atoms with Gasteiger partial charge in [-0.25, -0.2) is 27.3 Å². The molecule has 0 bridgehead atoms. The SMILES string of the molecule is CCNc1ccc2c(=O)n(-c3ccc(NC(=O)NS(=O)(=O)c4ccc(Cl)s4)cc3F)cnc2c1. The molecule has 9 nitrogen and oxygen atoms in total. The van der Waals surface area contributed by atoms with Crippen LogP contribution in [0.15, 0.2) is 63.9 Å². The van der Waals surface area contributed by atoms with Gasteiger partial charge in [-0.15, -0.1) is 11.3 Å². The molecule has 4 rings (SSSR count). The molecule has 0 radical (unpaired) electrons. The fraction of sp³-hybridized carbons (Fsp3) is 0.0952. The Balaban J connectivity index is 1.56. The number of fused-ring (bicyclic) bond motifs is 1. The average Bonchev–Trinajstić information content (AvgIpc) is 3.22. The number of carbonyl (C=O) groups is 1. The lowest BCUT2D eigenvalue weighted by Crippen LogP contribution is -2.34. The number of hydrogen-bond acceptors (Lipinski definition) is 7. The second kappa shape index (κ2) is 9.41. The highest BCUT2D eigenvalue weighted by Gasteiger charge is 2.20. The van der Waals surface area contributed by atoms with Crippen LogP contribution in [-0.4, -0.2) is 30.5 Å². The third-order valence-electron chi connectivity index (χ3n) is 4.65. The predicted octanol–water partition coefficient (Wildman–Crippen LogP) is 4.18. The summed E-state index contributed by atoms with van der Waals surface area (Å²) in [5.41, 5.74) is 0.704. The summed E-state index contributed by atoms with van der Waals surface area (Å²) in [4.78, 5) is 29.3. The fourth-order valence-electron chi connectivity index (χ4n) is 3.16. The van der Waals surface area contributed by atoms with Gasteiger partial charge in [0.1, 0.15) is 16.4 Å². The highest BCUT2D eigenvalue weighted by Crippen LogP contribution is 2.25. The first-order valence-electron chi connectivity index (χ1n) is 9.82. The first-order chi connectivity index (χ1) is 16.2. The van der Waals surface area contributed by atoms with Gasteiger partial charge >= 0.3 is 6.03 Å². The fourth-order valence-corrected chi connectivity index (χ4v) is 5.55. The van der Waals surface area contributed by atoms with Crippen LogP contribution in [0.5, 0.6) is 0 Å². The first-order valence-corrected chi connectivity index (χ1v) is 12.5. The van der Waals surface area contributed by atoms with Gasteiger partial charge in [0.25, 0.3) is 15.6 Å². The largest absolute Gasteiger partial charge is 0.385 e. The lowest BCUT2D eigenvalue weighted by Gasteiger charge is -2.11. The summed E-state index contributed by atoms with van der Waals surface area (Å²) in [5.74, 6) is -0.821. The smallest absolute Gasteiger partial charge is 0.333 e. The average molecular weight is 522 g/mol. The Kier molecular flexibility index (Phi) is 6.55. The minimum absolute atomic E-state index is 0.0183. The molecule has 0 spiro atoms. The summed E-state index contributed by atoms with van der Waals surface area (Å²) >= 11 is 6.51. The van der Waals surface area contributed by atoms with E-state index in [1.54, 1.807) is 18.2 Å². The van der Waals surface area contributed by atoms with Gasteiger partial charge in [0, 0.05) is 17.9 Å².